The molecule has 0 rings (SSSR count). The third kappa shape index (κ3) is 48.9. The largest absolute Gasteiger partial charge is 0.756 e. The number of ether oxygens (including phenoxy) is 2. The first-order chi connectivity index (χ1) is 31.0. The second-order valence-electron chi connectivity index (χ2n) is 18.1. The van der Waals surface area contributed by atoms with Crippen molar-refractivity contribution >= 4 is 19.8 Å². The highest BCUT2D eigenvalue weighted by molar-refractivity contribution is 7.45. The summed E-state index contributed by atoms with van der Waals surface area (Å²) >= 11 is 0. The number of carbonyl (C=O) groups is 2. The van der Waals surface area contributed by atoms with Gasteiger partial charge in [0.25, 0.3) is 7.82 Å². The Morgan fingerprint density at radius 1 is 0.500 bits per heavy atom. The van der Waals surface area contributed by atoms with Crippen molar-refractivity contribution in [2.45, 2.75) is 213 Å². The monoisotopic (exact) mass is 918 g/mol. The molecular formula is C54H96NO8P. The van der Waals surface area contributed by atoms with Gasteiger partial charge in [-0.1, -0.05) is 183 Å². The first kappa shape index (κ1) is 61.5. The van der Waals surface area contributed by atoms with E-state index in [1.165, 1.54) is 96.3 Å². The third-order valence-corrected chi connectivity index (χ3v) is 11.7. The second kappa shape index (κ2) is 45.6. The van der Waals surface area contributed by atoms with Crippen LogP contribution in [0, 0.1) is 0 Å². The zero-order valence-corrected chi connectivity index (χ0v) is 42.6. The molecule has 0 bridgehead atoms. The number of phosphoric acid groups is 1. The van der Waals surface area contributed by atoms with E-state index in [4.69, 9.17) is 18.5 Å². The quantitative estimate of drug-likeness (QED) is 0.0195. The van der Waals surface area contributed by atoms with Crippen molar-refractivity contribution in [2.24, 2.45) is 0 Å². The molecule has 0 radical (unpaired) electrons. The highest BCUT2D eigenvalue weighted by Gasteiger charge is 2.21. The average molecular weight is 918 g/mol. The van der Waals surface area contributed by atoms with Gasteiger partial charge in [-0.3, -0.25) is 14.2 Å². The van der Waals surface area contributed by atoms with Crippen LogP contribution in [-0.2, 0) is 32.7 Å². The van der Waals surface area contributed by atoms with E-state index in [1.807, 2.05) is 21.1 Å². The molecule has 0 spiro atoms. The number of allylic oxidation sites excluding steroid dienone is 12. The molecule has 0 heterocycles. The first-order valence-corrected chi connectivity index (χ1v) is 27.1. The van der Waals surface area contributed by atoms with Crippen molar-refractivity contribution in [1.29, 1.82) is 0 Å². The van der Waals surface area contributed by atoms with Crippen molar-refractivity contribution in [3.05, 3.63) is 72.9 Å². The van der Waals surface area contributed by atoms with Crippen molar-refractivity contribution in [1.82, 2.24) is 0 Å². The summed E-state index contributed by atoms with van der Waals surface area (Å²) in [6, 6.07) is 0. The minimum Gasteiger partial charge on any atom is -0.756 e. The maximum absolute atomic E-state index is 12.7. The molecule has 0 saturated heterocycles. The number of hydrogen-bond donors (Lipinski definition) is 0. The number of nitrogens with zero attached hydrogens (tertiary/aromatic N) is 1. The molecule has 9 nitrogen and oxygen atoms in total. The summed E-state index contributed by atoms with van der Waals surface area (Å²) in [5.41, 5.74) is 0. The molecule has 1 unspecified atom stereocenters. The summed E-state index contributed by atoms with van der Waals surface area (Å²) < 4.78 is 34.0. The summed E-state index contributed by atoms with van der Waals surface area (Å²) in [6.45, 7) is 4.08. The molecule has 0 aliphatic heterocycles. The van der Waals surface area contributed by atoms with Gasteiger partial charge in [-0.25, -0.2) is 0 Å². The summed E-state index contributed by atoms with van der Waals surface area (Å²) in [5.74, 6) is -0.873. The van der Waals surface area contributed by atoms with Gasteiger partial charge < -0.3 is 27.9 Å². The Hall–Kier alpha value is -2.55. The smallest absolute Gasteiger partial charge is 0.306 e. The van der Waals surface area contributed by atoms with E-state index in [9.17, 15) is 19.0 Å². The van der Waals surface area contributed by atoms with Crippen LogP contribution in [0.1, 0.15) is 206 Å². The van der Waals surface area contributed by atoms with Crippen LogP contribution < -0.4 is 4.89 Å². The van der Waals surface area contributed by atoms with Crippen LogP contribution >= 0.6 is 7.82 Å². The molecule has 10 heteroatoms. The Kier molecular flexibility index (Phi) is 43.8. The molecule has 0 fully saturated rings. The van der Waals surface area contributed by atoms with Gasteiger partial charge in [-0.2, -0.15) is 0 Å². The van der Waals surface area contributed by atoms with E-state index < -0.39 is 32.5 Å². The van der Waals surface area contributed by atoms with Crippen LogP contribution in [0.4, 0.5) is 0 Å². The van der Waals surface area contributed by atoms with Crippen LogP contribution in [0.25, 0.3) is 0 Å². The number of esters is 2. The Morgan fingerprint density at radius 2 is 0.891 bits per heavy atom. The molecule has 2 atom stereocenters. The lowest BCUT2D eigenvalue weighted by molar-refractivity contribution is -0.870. The van der Waals surface area contributed by atoms with Gasteiger partial charge in [0.2, 0.25) is 0 Å². The maximum Gasteiger partial charge on any atom is 0.306 e. The number of hydrogen-bond acceptors (Lipinski definition) is 8. The van der Waals surface area contributed by atoms with Gasteiger partial charge in [0.1, 0.15) is 19.8 Å². The lowest BCUT2D eigenvalue weighted by Crippen LogP contribution is -2.37. The number of likely N-dealkylation sites (N-methyl/N-ethyl adjacent to an activating group) is 1. The van der Waals surface area contributed by atoms with Crippen LogP contribution in [0.15, 0.2) is 72.9 Å². The number of rotatable bonds is 46. The van der Waals surface area contributed by atoms with Gasteiger partial charge in [-0.05, 0) is 83.5 Å². The summed E-state index contributed by atoms with van der Waals surface area (Å²) in [6.07, 6.45) is 57.9. The fourth-order valence-electron chi connectivity index (χ4n) is 6.73. The van der Waals surface area contributed by atoms with Crippen LogP contribution in [0.3, 0.4) is 0 Å². The van der Waals surface area contributed by atoms with E-state index in [1.54, 1.807) is 0 Å². The Balaban J connectivity index is 4.31. The minimum absolute atomic E-state index is 0.0394. The zero-order chi connectivity index (χ0) is 47.1. The molecule has 0 aromatic heterocycles. The number of phosphoric ester groups is 1. The van der Waals surface area contributed by atoms with E-state index in [0.717, 1.165) is 70.6 Å². The molecule has 0 N–H and O–H groups in total. The molecule has 0 aliphatic rings. The lowest BCUT2D eigenvalue weighted by Gasteiger charge is -2.28. The molecule has 0 saturated carbocycles. The van der Waals surface area contributed by atoms with Gasteiger partial charge in [0.05, 0.1) is 27.7 Å². The molecule has 370 valence electrons. The Morgan fingerprint density at radius 3 is 1.36 bits per heavy atom. The molecule has 0 aromatic carbocycles. The van der Waals surface area contributed by atoms with Crippen molar-refractivity contribution in [3.8, 4) is 0 Å². The molecular weight excluding hydrogens is 822 g/mol. The highest BCUT2D eigenvalue weighted by Crippen LogP contribution is 2.38. The van der Waals surface area contributed by atoms with Crippen molar-refractivity contribution in [2.75, 3.05) is 47.5 Å². The summed E-state index contributed by atoms with van der Waals surface area (Å²) in [5, 5.41) is 0. The van der Waals surface area contributed by atoms with Crippen LogP contribution in [0.5, 0.6) is 0 Å². The predicted molar refractivity (Wildman–Crippen MR) is 268 cm³/mol. The molecule has 0 aliphatic carbocycles. The van der Waals surface area contributed by atoms with Gasteiger partial charge >= 0.3 is 11.9 Å². The lowest BCUT2D eigenvalue weighted by atomic mass is 10.0. The van der Waals surface area contributed by atoms with E-state index in [0.29, 0.717) is 23.9 Å². The fourth-order valence-corrected chi connectivity index (χ4v) is 7.46. The maximum atomic E-state index is 12.7. The van der Waals surface area contributed by atoms with Crippen molar-refractivity contribution < 1.29 is 42.1 Å². The van der Waals surface area contributed by atoms with Gasteiger partial charge in [0.15, 0.2) is 6.10 Å². The normalized spacial score (nSPS) is 14.0. The standard InChI is InChI=1S/C54H96NO8P/c1-6-8-10-12-14-16-18-20-22-24-26-27-29-31-33-35-37-39-41-43-45-47-54(57)63-52(51-62-64(58,59)61-49-48-55(3,4)5)50-60-53(56)46-44-42-40-38-36-34-32-30-28-25-23-21-19-17-15-13-11-9-7-2/h9,11,15,17,20-23,28,30,34,36,52H,6-8,10,12-14,16,18-19,24-27,29,31-33,35,37-51H2,1-5H3/b11-9+,17-15+,22-20+,23-21+,30-28+,36-34+/t52-/m1/s1. The molecule has 64 heavy (non-hydrogen) atoms. The zero-order valence-electron chi connectivity index (χ0n) is 41.7. The first-order valence-electron chi connectivity index (χ1n) is 25.6. The Bertz CT molecular complexity index is 1310. The van der Waals surface area contributed by atoms with Gasteiger partial charge in [-0.15, -0.1) is 0 Å². The average Bonchev–Trinajstić information content (AvgIpc) is 3.25. The van der Waals surface area contributed by atoms with E-state index >= 15 is 0 Å². The van der Waals surface area contributed by atoms with Crippen molar-refractivity contribution in [3.63, 3.8) is 0 Å². The molecule has 0 aromatic rings. The SMILES string of the molecule is CC/C=C/C/C=C/C/C=C/C/C=C/C/C=C/CCCCCC(=O)OC[C@H](COP(=O)([O-])OCC[N+](C)(C)C)OC(=O)CCCCCCCCCCCCC/C=C/CCCCCCCC. The van der Waals surface area contributed by atoms with Gasteiger partial charge in [0, 0.05) is 12.8 Å². The van der Waals surface area contributed by atoms with E-state index in [-0.39, 0.29) is 26.1 Å². The van der Waals surface area contributed by atoms with E-state index in [2.05, 4.69) is 86.8 Å². The highest BCUT2D eigenvalue weighted by atomic mass is 31.2. The van der Waals surface area contributed by atoms with Crippen LogP contribution in [-0.4, -0.2) is 70.0 Å². The van der Waals surface area contributed by atoms with Crippen LogP contribution in [0.2, 0.25) is 0 Å². The molecule has 0 amide bonds. The second-order valence-corrected chi connectivity index (χ2v) is 19.6. The fraction of sp³-hybridized carbons (Fsp3) is 0.741. The third-order valence-electron chi connectivity index (χ3n) is 10.7. The Labute approximate surface area is 393 Å². The number of quaternary nitrogens is 1. The topological polar surface area (TPSA) is 111 Å². The predicted octanol–water partition coefficient (Wildman–Crippen LogP) is 14.7. The summed E-state index contributed by atoms with van der Waals surface area (Å²) in [4.78, 5) is 37.7. The number of unbranched alkanes of at least 4 members (excludes halogenated alkanes) is 20. The summed E-state index contributed by atoms with van der Waals surface area (Å²) in [7, 11) is 1.14. The number of carbonyl (C=O) groups excluding carboxylic acids is 2. The minimum atomic E-state index is -4.64.